The van der Waals surface area contributed by atoms with Gasteiger partial charge < -0.3 is 14.2 Å². The number of ketones is 1. The van der Waals surface area contributed by atoms with Crippen LogP contribution in [0.5, 0.6) is 5.75 Å². The second-order valence-electron chi connectivity index (χ2n) is 2.72. The molecule has 0 amide bonds. The highest BCUT2D eigenvalue weighted by Crippen LogP contribution is 2.17. The third-order valence-electron chi connectivity index (χ3n) is 1.87. The van der Waals surface area contributed by atoms with Crippen molar-refractivity contribution in [2.45, 2.75) is 6.29 Å². The molecular weight excluding hydrogens is 198 g/mol. The number of hydrogen-bond donors (Lipinski definition) is 0. The quantitative estimate of drug-likeness (QED) is 0.534. The third-order valence-corrected chi connectivity index (χ3v) is 1.87. The third kappa shape index (κ3) is 2.51. The Morgan fingerprint density at radius 3 is 2.53 bits per heavy atom. The van der Waals surface area contributed by atoms with Gasteiger partial charge in [0.2, 0.25) is 12.1 Å². The van der Waals surface area contributed by atoms with Gasteiger partial charge in [-0.1, -0.05) is 0 Å². The number of methoxy groups -OCH3 is 3. The minimum Gasteiger partial charge on any atom is -0.494 e. The van der Waals surface area contributed by atoms with E-state index in [1.54, 1.807) is 12.1 Å². The molecule has 0 spiro atoms. The van der Waals surface area contributed by atoms with Gasteiger partial charge in [0.15, 0.2) is 5.69 Å². The number of pyridine rings is 1. The van der Waals surface area contributed by atoms with Gasteiger partial charge in [-0.25, -0.2) is 4.98 Å². The molecule has 0 saturated heterocycles. The number of hydrogen-bond acceptors (Lipinski definition) is 5. The molecule has 5 heteroatoms. The van der Waals surface area contributed by atoms with Crippen molar-refractivity contribution in [2.24, 2.45) is 0 Å². The molecule has 0 fully saturated rings. The lowest BCUT2D eigenvalue weighted by Gasteiger charge is -2.12. The Morgan fingerprint density at radius 1 is 1.33 bits per heavy atom. The normalized spacial score (nSPS) is 10.4. The molecule has 5 nitrogen and oxygen atoms in total. The van der Waals surface area contributed by atoms with Crippen LogP contribution in [-0.4, -0.2) is 38.4 Å². The van der Waals surface area contributed by atoms with Crippen LogP contribution in [0, 0.1) is 0 Å². The van der Waals surface area contributed by atoms with E-state index in [-0.39, 0.29) is 11.5 Å². The van der Waals surface area contributed by atoms with Crippen LogP contribution in [0.4, 0.5) is 0 Å². The Kier molecular flexibility index (Phi) is 4.20. The summed E-state index contributed by atoms with van der Waals surface area (Å²) in [6.45, 7) is 0. The monoisotopic (exact) mass is 211 g/mol. The van der Waals surface area contributed by atoms with Gasteiger partial charge in [-0.3, -0.25) is 4.79 Å². The van der Waals surface area contributed by atoms with Crippen molar-refractivity contribution < 1.29 is 19.0 Å². The highest BCUT2D eigenvalue weighted by atomic mass is 16.7. The summed E-state index contributed by atoms with van der Waals surface area (Å²) < 4.78 is 14.7. The summed E-state index contributed by atoms with van der Waals surface area (Å²) >= 11 is 0. The molecule has 0 saturated carbocycles. The highest BCUT2D eigenvalue weighted by Gasteiger charge is 2.23. The molecule has 1 aromatic rings. The molecule has 0 bridgehead atoms. The summed E-state index contributed by atoms with van der Waals surface area (Å²) in [5.74, 6) is 0.0408. The summed E-state index contributed by atoms with van der Waals surface area (Å²) in [7, 11) is 4.26. The first-order chi connectivity index (χ1) is 7.24. The molecule has 0 aliphatic heterocycles. The predicted octanol–water partition coefficient (Wildman–Crippen LogP) is 0.892. The topological polar surface area (TPSA) is 57.7 Å². The molecule has 0 aliphatic rings. The van der Waals surface area contributed by atoms with Crippen molar-refractivity contribution in [1.29, 1.82) is 0 Å². The van der Waals surface area contributed by atoms with E-state index >= 15 is 0 Å². The van der Waals surface area contributed by atoms with Crippen molar-refractivity contribution in [3.63, 3.8) is 0 Å². The fourth-order valence-electron chi connectivity index (χ4n) is 1.16. The van der Waals surface area contributed by atoms with E-state index in [0.29, 0.717) is 5.75 Å². The maximum absolute atomic E-state index is 11.8. The number of aromatic nitrogens is 1. The largest absolute Gasteiger partial charge is 0.494 e. The summed E-state index contributed by atoms with van der Waals surface area (Å²) in [4.78, 5) is 15.7. The van der Waals surface area contributed by atoms with Crippen LogP contribution in [0.2, 0.25) is 0 Å². The lowest BCUT2D eigenvalue weighted by atomic mass is 10.2. The van der Waals surface area contributed by atoms with E-state index in [4.69, 9.17) is 14.2 Å². The maximum Gasteiger partial charge on any atom is 0.240 e. The minimum absolute atomic E-state index is 0.203. The average molecular weight is 211 g/mol. The molecule has 0 N–H and O–H groups in total. The number of ether oxygens (including phenoxy) is 3. The second-order valence-corrected chi connectivity index (χ2v) is 2.72. The molecule has 15 heavy (non-hydrogen) atoms. The summed E-state index contributed by atoms with van der Waals surface area (Å²) in [5.41, 5.74) is 0.203. The molecule has 0 aliphatic carbocycles. The average Bonchev–Trinajstić information content (AvgIpc) is 2.30. The van der Waals surface area contributed by atoms with Gasteiger partial charge in [-0.05, 0) is 12.1 Å². The first-order valence-electron chi connectivity index (χ1n) is 4.33. The zero-order valence-corrected chi connectivity index (χ0v) is 8.89. The standard InChI is InChI=1S/C10H13NO4/c1-13-7-5-4-6-11-8(7)9(12)10(14-2)15-3/h4-6,10H,1-3H3. The zero-order chi connectivity index (χ0) is 11.3. The summed E-state index contributed by atoms with van der Waals surface area (Å²) in [6, 6.07) is 3.34. The zero-order valence-electron chi connectivity index (χ0n) is 8.89. The highest BCUT2D eigenvalue weighted by molar-refractivity contribution is 5.99. The first-order valence-corrected chi connectivity index (χ1v) is 4.33. The SMILES string of the molecule is COc1cccnc1C(=O)C(OC)OC. The Morgan fingerprint density at radius 2 is 2.00 bits per heavy atom. The molecule has 1 aromatic heterocycles. The first kappa shape index (κ1) is 11.6. The predicted molar refractivity (Wildman–Crippen MR) is 52.9 cm³/mol. The van der Waals surface area contributed by atoms with Crippen molar-refractivity contribution in [1.82, 2.24) is 4.98 Å². The number of carbonyl (C=O) groups is 1. The lowest BCUT2D eigenvalue weighted by molar-refractivity contribution is -0.0745. The van der Waals surface area contributed by atoms with Crippen LogP contribution in [0.3, 0.4) is 0 Å². The van der Waals surface area contributed by atoms with E-state index in [2.05, 4.69) is 4.98 Å². The molecule has 82 valence electrons. The molecule has 0 unspecified atom stereocenters. The van der Waals surface area contributed by atoms with Gasteiger partial charge >= 0.3 is 0 Å². The van der Waals surface area contributed by atoms with Gasteiger partial charge in [0.1, 0.15) is 5.75 Å². The molecular formula is C10H13NO4. The van der Waals surface area contributed by atoms with Crippen molar-refractivity contribution in [2.75, 3.05) is 21.3 Å². The van der Waals surface area contributed by atoms with Gasteiger partial charge in [-0.15, -0.1) is 0 Å². The second kappa shape index (κ2) is 5.43. The van der Waals surface area contributed by atoms with Gasteiger partial charge in [-0.2, -0.15) is 0 Å². The molecule has 0 aromatic carbocycles. The summed E-state index contributed by atoms with van der Waals surface area (Å²) in [6.07, 6.45) is 0.562. The number of nitrogens with zero attached hydrogens (tertiary/aromatic N) is 1. The van der Waals surface area contributed by atoms with Crippen molar-refractivity contribution in [3.8, 4) is 5.75 Å². The van der Waals surface area contributed by atoms with Gasteiger partial charge in [0.25, 0.3) is 0 Å². The number of carbonyl (C=O) groups excluding carboxylic acids is 1. The maximum atomic E-state index is 11.8. The van der Waals surface area contributed by atoms with E-state index in [9.17, 15) is 4.79 Å². The molecule has 0 radical (unpaired) electrons. The van der Waals surface area contributed by atoms with Crippen LogP contribution in [0.15, 0.2) is 18.3 Å². The van der Waals surface area contributed by atoms with Crippen LogP contribution < -0.4 is 4.74 Å². The van der Waals surface area contributed by atoms with Crippen molar-refractivity contribution in [3.05, 3.63) is 24.0 Å². The van der Waals surface area contributed by atoms with Crippen LogP contribution >= 0.6 is 0 Å². The minimum atomic E-state index is -0.950. The summed E-state index contributed by atoms with van der Waals surface area (Å²) in [5, 5.41) is 0. The van der Waals surface area contributed by atoms with E-state index in [1.807, 2.05) is 0 Å². The van der Waals surface area contributed by atoms with Gasteiger partial charge in [0, 0.05) is 20.4 Å². The Bertz CT molecular complexity index is 336. The fourth-order valence-corrected chi connectivity index (χ4v) is 1.16. The smallest absolute Gasteiger partial charge is 0.240 e. The van der Waals surface area contributed by atoms with E-state index in [1.165, 1.54) is 27.5 Å². The van der Waals surface area contributed by atoms with E-state index in [0.717, 1.165) is 0 Å². The van der Waals surface area contributed by atoms with Crippen molar-refractivity contribution >= 4 is 5.78 Å². The molecule has 0 atom stereocenters. The Hall–Kier alpha value is -1.46. The lowest BCUT2D eigenvalue weighted by Crippen LogP contribution is -2.26. The molecule has 1 rings (SSSR count). The van der Waals surface area contributed by atoms with Crippen LogP contribution in [0.25, 0.3) is 0 Å². The fraction of sp³-hybridized carbons (Fsp3) is 0.400. The van der Waals surface area contributed by atoms with E-state index < -0.39 is 6.29 Å². The van der Waals surface area contributed by atoms with Crippen LogP contribution in [-0.2, 0) is 9.47 Å². The number of rotatable bonds is 5. The van der Waals surface area contributed by atoms with Gasteiger partial charge in [0.05, 0.1) is 7.11 Å². The molecule has 1 heterocycles. The Labute approximate surface area is 88.0 Å². The van der Waals surface area contributed by atoms with Crippen LogP contribution in [0.1, 0.15) is 10.5 Å². The number of Topliss-reactive ketones (excluding diaryl/α,β-unsaturated/α-hetero) is 1. The Balaban J connectivity index is 2.99.